The summed E-state index contributed by atoms with van der Waals surface area (Å²) in [5.74, 6) is 0. The zero-order valence-corrected chi connectivity index (χ0v) is 10.8. The van der Waals surface area contributed by atoms with Gasteiger partial charge in [-0.15, -0.1) is 17.9 Å². The summed E-state index contributed by atoms with van der Waals surface area (Å²) in [4.78, 5) is 17.3. The van der Waals surface area contributed by atoms with Gasteiger partial charge in [0, 0.05) is 11.4 Å². The van der Waals surface area contributed by atoms with E-state index in [1.165, 1.54) is 4.57 Å². The van der Waals surface area contributed by atoms with E-state index in [4.69, 9.17) is 12.2 Å². The molecule has 2 rings (SSSR count). The van der Waals surface area contributed by atoms with Crippen LogP contribution in [0.15, 0.2) is 17.4 Å². The molecule has 0 saturated carbocycles. The number of nitrogens with one attached hydrogen (secondary N) is 1. The molecule has 0 radical (unpaired) electrons. The molecule has 2 aromatic rings. The van der Waals surface area contributed by atoms with Gasteiger partial charge in [0.05, 0.1) is 5.39 Å². The first-order chi connectivity index (χ1) is 7.56. The number of fused-ring (bicyclic) bond motifs is 1. The van der Waals surface area contributed by atoms with E-state index >= 15 is 0 Å². The molecular weight excluding hydrogens is 240 g/mol. The highest BCUT2D eigenvalue weighted by molar-refractivity contribution is 7.71. The number of allylic oxidation sites excluding steroid dienone is 1. The molecule has 16 heavy (non-hydrogen) atoms. The number of H-pyrrole nitrogens is 1. The van der Waals surface area contributed by atoms with Crippen LogP contribution in [0.5, 0.6) is 0 Å². The van der Waals surface area contributed by atoms with Gasteiger partial charge in [-0.2, -0.15) is 0 Å². The Hall–Kier alpha value is -1.20. The Labute approximate surface area is 102 Å². The van der Waals surface area contributed by atoms with Gasteiger partial charge in [0.1, 0.15) is 4.83 Å². The van der Waals surface area contributed by atoms with Crippen molar-refractivity contribution >= 4 is 33.8 Å². The van der Waals surface area contributed by atoms with Crippen molar-refractivity contribution in [1.82, 2.24) is 9.55 Å². The number of nitrogens with zero attached hydrogens (tertiary/aromatic N) is 1. The van der Waals surface area contributed by atoms with Gasteiger partial charge >= 0.3 is 0 Å². The van der Waals surface area contributed by atoms with Crippen LogP contribution in [-0.4, -0.2) is 9.55 Å². The molecule has 2 aromatic heterocycles. The molecule has 0 amide bonds. The van der Waals surface area contributed by atoms with Crippen molar-refractivity contribution in [2.45, 2.75) is 20.4 Å². The Kier molecular flexibility index (Phi) is 2.82. The zero-order valence-electron chi connectivity index (χ0n) is 9.16. The third kappa shape index (κ3) is 1.56. The molecule has 0 aromatic carbocycles. The van der Waals surface area contributed by atoms with Gasteiger partial charge < -0.3 is 4.98 Å². The highest BCUT2D eigenvalue weighted by atomic mass is 32.1. The van der Waals surface area contributed by atoms with E-state index in [2.05, 4.69) is 11.6 Å². The molecule has 0 aliphatic carbocycles. The second-order valence-corrected chi connectivity index (χ2v) is 5.23. The smallest absolute Gasteiger partial charge is 0.263 e. The molecule has 0 spiro atoms. The molecule has 0 aliphatic rings. The van der Waals surface area contributed by atoms with E-state index in [0.717, 1.165) is 20.7 Å². The summed E-state index contributed by atoms with van der Waals surface area (Å²) in [5.41, 5.74) is 1.01. The van der Waals surface area contributed by atoms with Crippen LogP contribution in [0, 0.1) is 18.6 Å². The number of aromatic nitrogens is 2. The quantitative estimate of drug-likeness (QED) is 0.659. The Morgan fingerprint density at radius 2 is 2.25 bits per heavy atom. The second kappa shape index (κ2) is 3.99. The third-order valence-electron chi connectivity index (χ3n) is 2.62. The van der Waals surface area contributed by atoms with E-state index in [0.29, 0.717) is 11.3 Å². The normalized spacial score (nSPS) is 10.9. The van der Waals surface area contributed by atoms with Crippen molar-refractivity contribution in [3.8, 4) is 0 Å². The summed E-state index contributed by atoms with van der Waals surface area (Å²) in [6.07, 6.45) is 1.67. The SMILES string of the molecule is C=CCn1c(=S)[nH]c2sc(C)c(C)c2c1=O. The van der Waals surface area contributed by atoms with Crippen molar-refractivity contribution in [3.05, 3.63) is 38.2 Å². The minimum absolute atomic E-state index is 0.0273. The monoisotopic (exact) mass is 252 g/mol. The average molecular weight is 252 g/mol. The Bertz CT molecular complexity index is 676. The molecule has 0 unspecified atom stereocenters. The van der Waals surface area contributed by atoms with Crippen LogP contribution in [0.1, 0.15) is 10.4 Å². The average Bonchev–Trinajstić information content (AvgIpc) is 2.49. The van der Waals surface area contributed by atoms with Gasteiger partial charge in [0.15, 0.2) is 4.77 Å². The summed E-state index contributed by atoms with van der Waals surface area (Å²) < 4.78 is 1.99. The van der Waals surface area contributed by atoms with Crippen LogP contribution in [0.2, 0.25) is 0 Å². The summed E-state index contributed by atoms with van der Waals surface area (Å²) in [6, 6.07) is 0. The van der Waals surface area contributed by atoms with Crippen molar-refractivity contribution < 1.29 is 0 Å². The van der Waals surface area contributed by atoms with Crippen LogP contribution in [0.3, 0.4) is 0 Å². The van der Waals surface area contributed by atoms with Crippen molar-refractivity contribution in [2.75, 3.05) is 0 Å². The van der Waals surface area contributed by atoms with E-state index in [-0.39, 0.29) is 5.56 Å². The fourth-order valence-corrected chi connectivity index (χ4v) is 3.03. The topological polar surface area (TPSA) is 37.8 Å². The maximum absolute atomic E-state index is 12.2. The molecule has 5 heteroatoms. The highest BCUT2D eigenvalue weighted by Gasteiger charge is 2.11. The molecule has 2 heterocycles. The third-order valence-corrected chi connectivity index (χ3v) is 4.07. The largest absolute Gasteiger partial charge is 0.323 e. The fraction of sp³-hybridized carbons (Fsp3) is 0.273. The number of hydrogen-bond acceptors (Lipinski definition) is 3. The first-order valence-electron chi connectivity index (χ1n) is 4.90. The highest BCUT2D eigenvalue weighted by Crippen LogP contribution is 2.25. The lowest BCUT2D eigenvalue weighted by atomic mass is 10.2. The molecule has 84 valence electrons. The first-order valence-corrected chi connectivity index (χ1v) is 6.12. The van der Waals surface area contributed by atoms with E-state index in [1.807, 2.05) is 13.8 Å². The van der Waals surface area contributed by atoms with Gasteiger partial charge in [-0.3, -0.25) is 9.36 Å². The second-order valence-electron chi connectivity index (χ2n) is 3.62. The molecule has 0 saturated heterocycles. The zero-order chi connectivity index (χ0) is 11.9. The standard InChI is InChI=1S/C11H12N2OS2/c1-4-5-13-10(14)8-6(2)7(3)16-9(8)12-11(13)15/h4H,1,5H2,2-3H3,(H,12,15). The summed E-state index contributed by atoms with van der Waals surface area (Å²) in [7, 11) is 0. The van der Waals surface area contributed by atoms with Crippen molar-refractivity contribution in [1.29, 1.82) is 0 Å². The molecule has 3 nitrogen and oxygen atoms in total. The van der Waals surface area contributed by atoms with Crippen LogP contribution in [0.4, 0.5) is 0 Å². The van der Waals surface area contributed by atoms with Crippen LogP contribution in [-0.2, 0) is 6.54 Å². The van der Waals surface area contributed by atoms with Gasteiger partial charge in [-0.05, 0) is 31.6 Å². The lowest BCUT2D eigenvalue weighted by Crippen LogP contribution is -2.21. The number of thiophene rings is 1. The number of aromatic amines is 1. The van der Waals surface area contributed by atoms with Crippen molar-refractivity contribution in [2.24, 2.45) is 0 Å². The van der Waals surface area contributed by atoms with Gasteiger partial charge in [0.25, 0.3) is 5.56 Å². The molecule has 0 aliphatic heterocycles. The maximum Gasteiger partial charge on any atom is 0.263 e. The molecule has 0 bridgehead atoms. The number of hydrogen-bond donors (Lipinski definition) is 1. The van der Waals surface area contributed by atoms with Crippen molar-refractivity contribution in [3.63, 3.8) is 0 Å². The number of rotatable bonds is 2. The predicted octanol–water partition coefficient (Wildman–Crippen LogP) is 2.92. The van der Waals surface area contributed by atoms with Gasteiger partial charge in [-0.1, -0.05) is 6.08 Å². The summed E-state index contributed by atoms with van der Waals surface area (Å²) >= 11 is 6.72. The Morgan fingerprint density at radius 1 is 1.56 bits per heavy atom. The first kappa shape index (κ1) is 11.3. The van der Waals surface area contributed by atoms with Gasteiger partial charge in [0.2, 0.25) is 0 Å². The minimum Gasteiger partial charge on any atom is -0.323 e. The summed E-state index contributed by atoms with van der Waals surface area (Å²) in [6.45, 7) is 8.04. The predicted molar refractivity (Wildman–Crippen MR) is 70.9 cm³/mol. The van der Waals surface area contributed by atoms with Crippen LogP contribution in [0.25, 0.3) is 10.2 Å². The minimum atomic E-state index is -0.0273. The Morgan fingerprint density at radius 3 is 2.88 bits per heavy atom. The van der Waals surface area contributed by atoms with E-state index in [9.17, 15) is 4.79 Å². The van der Waals surface area contributed by atoms with Gasteiger partial charge in [-0.25, -0.2) is 0 Å². The fourth-order valence-electron chi connectivity index (χ4n) is 1.66. The number of aryl methyl sites for hydroxylation is 2. The van der Waals surface area contributed by atoms with E-state index in [1.54, 1.807) is 17.4 Å². The molecule has 0 fully saturated rings. The molecule has 1 N–H and O–H groups in total. The maximum atomic E-state index is 12.2. The molecule has 0 atom stereocenters. The lowest BCUT2D eigenvalue weighted by molar-refractivity contribution is 0.753. The van der Waals surface area contributed by atoms with E-state index < -0.39 is 0 Å². The Balaban J connectivity index is 2.96. The van der Waals surface area contributed by atoms with Crippen LogP contribution >= 0.6 is 23.6 Å². The lowest BCUT2D eigenvalue weighted by Gasteiger charge is -2.02. The summed E-state index contributed by atoms with van der Waals surface area (Å²) in [5, 5.41) is 0.748. The van der Waals surface area contributed by atoms with Crippen LogP contribution < -0.4 is 5.56 Å². The molecular formula is C11H12N2OS2.